The molecule has 1 unspecified atom stereocenters. The molecular formula is C14H18Cl2N2S. The molecule has 1 N–H and O–H groups in total. The van der Waals surface area contributed by atoms with Gasteiger partial charge in [0, 0.05) is 6.04 Å². The van der Waals surface area contributed by atoms with Crippen LogP contribution in [-0.4, -0.2) is 9.55 Å². The summed E-state index contributed by atoms with van der Waals surface area (Å²) in [7, 11) is 0. The molecule has 1 heterocycles. The third kappa shape index (κ3) is 3.15. The summed E-state index contributed by atoms with van der Waals surface area (Å²) in [4.78, 5) is 3.20. The summed E-state index contributed by atoms with van der Waals surface area (Å²) in [6.07, 6.45) is 2.27. The van der Waals surface area contributed by atoms with Gasteiger partial charge >= 0.3 is 0 Å². The summed E-state index contributed by atoms with van der Waals surface area (Å²) < 4.78 is 2.86. The number of halogens is 2. The molecule has 0 fully saturated rings. The van der Waals surface area contributed by atoms with Gasteiger partial charge in [0.25, 0.3) is 0 Å². The van der Waals surface area contributed by atoms with Crippen LogP contribution in [0.25, 0.3) is 11.0 Å². The second-order valence-electron chi connectivity index (χ2n) is 5.40. The molecule has 0 amide bonds. The highest BCUT2D eigenvalue weighted by molar-refractivity contribution is 7.71. The van der Waals surface area contributed by atoms with Crippen molar-refractivity contribution in [2.45, 2.75) is 39.7 Å². The summed E-state index contributed by atoms with van der Waals surface area (Å²) in [5, 5.41) is 1.11. The van der Waals surface area contributed by atoms with E-state index in [4.69, 9.17) is 35.4 Å². The second-order valence-corrected chi connectivity index (χ2v) is 6.60. The summed E-state index contributed by atoms with van der Waals surface area (Å²) in [5.74, 6) is 0.694. The van der Waals surface area contributed by atoms with Crippen molar-refractivity contribution in [3.05, 3.63) is 26.9 Å². The van der Waals surface area contributed by atoms with Crippen molar-refractivity contribution in [3.8, 4) is 0 Å². The van der Waals surface area contributed by atoms with Gasteiger partial charge in [0.15, 0.2) is 4.77 Å². The number of benzene rings is 1. The van der Waals surface area contributed by atoms with E-state index in [0.717, 1.165) is 22.2 Å². The number of fused-ring (bicyclic) bond motifs is 1. The lowest BCUT2D eigenvalue weighted by Crippen LogP contribution is -2.06. The molecule has 2 rings (SSSR count). The first-order chi connectivity index (χ1) is 8.90. The van der Waals surface area contributed by atoms with Crippen molar-refractivity contribution in [1.29, 1.82) is 0 Å². The van der Waals surface area contributed by atoms with Gasteiger partial charge in [0.1, 0.15) is 0 Å². The molecule has 1 aromatic carbocycles. The van der Waals surface area contributed by atoms with Gasteiger partial charge in [-0.15, -0.1) is 0 Å². The van der Waals surface area contributed by atoms with Crippen LogP contribution in [0.15, 0.2) is 12.1 Å². The summed E-state index contributed by atoms with van der Waals surface area (Å²) in [6.45, 7) is 6.66. The van der Waals surface area contributed by atoms with E-state index >= 15 is 0 Å². The number of nitrogens with one attached hydrogen (secondary N) is 1. The predicted molar refractivity (Wildman–Crippen MR) is 85.9 cm³/mol. The molecule has 104 valence electrons. The highest BCUT2D eigenvalue weighted by atomic mass is 35.5. The maximum atomic E-state index is 6.11. The molecule has 0 spiro atoms. The highest BCUT2D eigenvalue weighted by Gasteiger charge is 2.13. The van der Waals surface area contributed by atoms with Gasteiger partial charge in [-0.2, -0.15) is 0 Å². The molecule has 1 aromatic heterocycles. The minimum atomic E-state index is 0.348. The van der Waals surface area contributed by atoms with Crippen LogP contribution in [0.2, 0.25) is 10.0 Å². The van der Waals surface area contributed by atoms with Crippen LogP contribution < -0.4 is 0 Å². The number of imidazole rings is 1. The topological polar surface area (TPSA) is 20.7 Å². The second kappa shape index (κ2) is 5.86. The zero-order valence-electron chi connectivity index (χ0n) is 11.3. The van der Waals surface area contributed by atoms with Gasteiger partial charge in [-0.25, -0.2) is 0 Å². The third-order valence-electron chi connectivity index (χ3n) is 3.36. The maximum absolute atomic E-state index is 6.11. The quantitative estimate of drug-likeness (QED) is 0.686. The Morgan fingerprint density at radius 1 is 1.16 bits per heavy atom. The first-order valence-electron chi connectivity index (χ1n) is 6.49. The van der Waals surface area contributed by atoms with Crippen molar-refractivity contribution >= 4 is 46.5 Å². The molecule has 0 saturated carbocycles. The molecular weight excluding hydrogens is 299 g/mol. The highest BCUT2D eigenvalue weighted by Crippen LogP contribution is 2.30. The lowest BCUT2D eigenvalue weighted by atomic mass is 10.0. The largest absolute Gasteiger partial charge is 0.331 e. The van der Waals surface area contributed by atoms with Gasteiger partial charge in [-0.3, -0.25) is 0 Å². The average molecular weight is 317 g/mol. The Hall–Kier alpha value is -0.510. The van der Waals surface area contributed by atoms with Crippen LogP contribution >= 0.6 is 35.4 Å². The normalized spacial score (nSPS) is 13.4. The maximum Gasteiger partial charge on any atom is 0.178 e. The Morgan fingerprint density at radius 2 is 1.79 bits per heavy atom. The first-order valence-corrected chi connectivity index (χ1v) is 7.65. The number of aromatic amines is 1. The number of nitrogens with zero attached hydrogens (tertiary/aromatic N) is 1. The SMILES string of the molecule is CC(C)CCC(C)n1c(=S)[nH]c2cc(Cl)c(Cl)cc21. The third-order valence-corrected chi connectivity index (χ3v) is 4.38. The van der Waals surface area contributed by atoms with Gasteiger partial charge in [-0.1, -0.05) is 37.0 Å². The monoisotopic (exact) mass is 316 g/mol. The molecule has 1 atom stereocenters. The minimum absolute atomic E-state index is 0.348. The van der Waals surface area contributed by atoms with E-state index in [2.05, 4.69) is 30.3 Å². The van der Waals surface area contributed by atoms with Crippen molar-refractivity contribution < 1.29 is 0 Å². The fourth-order valence-electron chi connectivity index (χ4n) is 2.26. The number of hydrogen-bond acceptors (Lipinski definition) is 1. The van der Waals surface area contributed by atoms with Crippen LogP contribution in [0, 0.1) is 10.7 Å². The minimum Gasteiger partial charge on any atom is -0.331 e. The van der Waals surface area contributed by atoms with Crippen molar-refractivity contribution in [3.63, 3.8) is 0 Å². The Balaban J connectivity index is 2.45. The number of rotatable bonds is 4. The Morgan fingerprint density at radius 3 is 2.42 bits per heavy atom. The number of H-pyrrole nitrogens is 1. The van der Waals surface area contributed by atoms with Gasteiger partial charge in [0.2, 0.25) is 0 Å². The molecule has 0 radical (unpaired) electrons. The molecule has 0 aliphatic carbocycles. The zero-order valence-corrected chi connectivity index (χ0v) is 13.7. The Labute approximate surface area is 128 Å². The van der Waals surface area contributed by atoms with Crippen LogP contribution in [0.1, 0.15) is 39.7 Å². The van der Waals surface area contributed by atoms with E-state index in [1.807, 2.05) is 12.1 Å². The van der Waals surface area contributed by atoms with Crippen molar-refractivity contribution in [1.82, 2.24) is 9.55 Å². The van der Waals surface area contributed by atoms with Crippen LogP contribution in [-0.2, 0) is 0 Å². The van der Waals surface area contributed by atoms with E-state index < -0.39 is 0 Å². The fraction of sp³-hybridized carbons (Fsp3) is 0.500. The van der Waals surface area contributed by atoms with E-state index in [-0.39, 0.29) is 0 Å². The summed E-state index contributed by atoms with van der Waals surface area (Å²) in [5.41, 5.74) is 1.96. The standard InChI is InChI=1S/C14H18Cl2N2S/c1-8(2)4-5-9(3)18-13-7-11(16)10(15)6-12(13)17-14(18)19/h6-9H,4-5H2,1-3H3,(H,17,19). The number of aromatic nitrogens is 2. The van der Waals surface area contributed by atoms with Crippen LogP contribution in [0.4, 0.5) is 0 Å². The summed E-state index contributed by atoms with van der Waals surface area (Å²) in [6, 6.07) is 4.07. The van der Waals surface area contributed by atoms with Crippen LogP contribution in [0.5, 0.6) is 0 Å². The molecule has 0 bridgehead atoms. The molecule has 2 aromatic rings. The first kappa shape index (κ1) is 14.9. The fourth-order valence-corrected chi connectivity index (χ4v) is 2.97. The predicted octanol–water partition coefficient (Wildman–Crippen LogP) is 6.00. The van der Waals surface area contributed by atoms with Crippen LogP contribution in [0.3, 0.4) is 0 Å². The Bertz CT molecular complexity index is 643. The van der Waals surface area contributed by atoms with Gasteiger partial charge in [-0.05, 0) is 50.0 Å². The van der Waals surface area contributed by atoms with Crippen molar-refractivity contribution in [2.75, 3.05) is 0 Å². The Kier molecular flexibility index (Phi) is 4.59. The summed E-state index contributed by atoms with van der Waals surface area (Å²) >= 11 is 17.6. The van der Waals surface area contributed by atoms with Gasteiger partial charge < -0.3 is 9.55 Å². The molecule has 19 heavy (non-hydrogen) atoms. The molecule has 0 saturated heterocycles. The van der Waals surface area contributed by atoms with E-state index in [1.54, 1.807) is 0 Å². The zero-order chi connectivity index (χ0) is 14.2. The number of hydrogen-bond donors (Lipinski definition) is 1. The smallest absolute Gasteiger partial charge is 0.178 e. The molecule has 5 heteroatoms. The molecule has 0 aliphatic rings. The molecule has 2 nitrogen and oxygen atoms in total. The molecule has 0 aliphatic heterocycles. The van der Waals surface area contributed by atoms with E-state index in [0.29, 0.717) is 22.0 Å². The van der Waals surface area contributed by atoms with Crippen molar-refractivity contribution in [2.24, 2.45) is 5.92 Å². The van der Waals surface area contributed by atoms with Gasteiger partial charge in [0.05, 0.1) is 21.1 Å². The lowest BCUT2D eigenvalue weighted by Gasteiger charge is -2.16. The van der Waals surface area contributed by atoms with E-state index in [1.165, 1.54) is 6.42 Å². The average Bonchev–Trinajstić information content (AvgIpc) is 2.62. The van der Waals surface area contributed by atoms with E-state index in [9.17, 15) is 0 Å². The lowest BCUT2D eigenvalue weighted by molar-refractivity contribution is 0.443.